The van der Waals surface area contributed by atoms with Crippen molar-refractivity contribution in [3.8, 4) is 0 Å². The molecule has 24 heavy (non-hydrogen) atoms. The highest BCUT2D eigenvalue weighted by Crippen LogP contribution is 2.39. The van der Waals surface area contributed by atoms with Crippen LogP contribution in [0.2, 0.25) is 0 Å². The molecule has 2 aromatic carbocycles. The first-order valence-electron chi connectivity index (χ1n) is 8.18. The van der Waals surface area contributed by atoms with E-state index in [1.165, 1.54) is 5.56 Å². The molecule has 1 N–H and O–H groups in total. The minimum Gasteiger partial charge on any atom is -0.358 e. The van der Waals surface area contributed by atoms with E-state index in [0.717, 1.165) is 35.4 Å². The Hall–Kier alpha value is -2.32. The standard InChI is InChI=1S/C21H19NO.ClH/c23-20-13-7-12-18-21(20)17(15-8-3-1-4-9-15)14-19(22-18)16-10-5-2-6-11-16;/h1-6,8-11,14,17,22H,7,12-13H2;1H. The van der Waals surface area contributed by atoms with Gasteiger partial charge in [0.25, 0.3) is 0 Å². The fourth-order valence-corrected chi connectivity index (χ4v) is 3.52. The Morgan fingerprint density at radius 1 is 0.875 bits per heavy atom. The Morgan fingerprint density at radius 3 is 2.25 bits per heavy atom. The second-order valence-electron chi connectivity index (χ2n) is 6.13. The average Bonchev–Trinajstić information content (AvgIpc) is 2.62. The first kappa shape index (κ1) is 16.5. The van der Waals surface area contributed by atoms with E-state index in [1.807, 2.05) is 36.4 Å². The molecule has 0 aromatic heterocycles. The van der Waals surface area contributed by atoms with E-state index in [2.05, 4.69) is 35.7 Å². The van der Waals surface area contributed by atoms with Crippen LogP contribution in [-0.4, -0.2) is 5.78 Å². The lowest BCUT2D eigenvalue weighted by atomic mass is 9.79. The minimum absolute atomic E-state index is 0. The van der Waals surface area contributed by atoms with Crippen molar-refractivity contribution in [2.75, 3.05) is 0 Å². The van der Waals surface area contributed by atoms with Gasteiger partial charge in [0, 0.05) is 29.3 Å². The van der Waals surface area contributed by atoms with Crippen LogP contribution in [0.4, 0.5) is 0 Å². The predicted octanol–water partition coefficient (Wildman–Crippen LogP) is 4.84. The highest BCUT2D eigenvalue weighted by Gasteiger charge is 2.31. The largest absolute Gasteiger partial charge is 0.358 e. The monoisotopic (exact) mass is 337 g/mol. The van der Waals surface area contributed by atoms with Crippen LogP contribution >= 0.6 is 12.4 Å². The summed E-state index contributed by atoms with van der Waals surface area (Å²) in [5, 5.41) is 3.52. The normalized spacial score (nSPS) is 19.8. The number of carbonyl (C=O) groups excluding carboxylic acids is 1. The van der Waals surface area contributed by atoms with Crippen LogP contribution in [-0.2, 0) is 4.79 Å². The molecule has 0 bridgehead atoms. The fourth-order valence-electron chi connectivity index (χ4n) is 3.52. The van der Waals surface area contributed by atoms with Crippen molar-refractivity contribution in [2.24, 2.45) is 0 Å². The van der Waals surface area contributed by atoms with Crippen molar-refractivity contribution < 1.29 is 4.79 Å². The van der Waals surface area contributed by atoms with E-state index in [4.69, 9.17) is 0 Å². The molecule has 0 fully saturated rings. The summed E-state index contributed by atoms with van der Waals surface area (Å²) in [4.78, 5) is 12.5. The molecule has 122 valence electrons. The molecular weight excluding hydrogens is 318 g/mol. The number of hydrogen-bond acceptors (Lipinski definition) is 2. The molecule has 1 unspecified atom stereocenters. The summed E-state index contributed by atoms with van der Waals surface area (Å²) in [5.74, 6) is 0.339. The molecule has 1 atom stereocenters. The Balaban J connectivity index is 0.00000169. The SMILES string of the molecule is Cl.O=C1CCCC2=C1C(c1ccccc1)C=C(c1ccccc1)N2. The lowest BCUT2D eigenvalue weighted by Gasteiger charge is -2.31. The number of Topliss-reactive ketones (excluding diaryl/α,β-unsaturated/α-hetero) is 1. The van der Waals surface area contributed by atoms with Crippen LogP contribution in [0.1, 0.15) is 36.3 Å². The smallest absolute Gasteiger partial charge is 0.161 e. The summed E-state index contributed by atoms with van der Waals surface area (Å²) in [6.07, 6.45) is 4.76. The van der Waals surface area contributed by atoms with Gasteiger partial charge in [-0.25, -0.2) is 0 Å². The molecule has 1 heterocycles. The van der Waals surface area contributed by atoms with Crippen molar-refractivity contribution in [3.05, 3.63) is 89.1 Å². The molecule has 0 spiro atoms. The molecule has 0 saturated carbocycles. The van der Waals surface area contributed by atoms with Crippen molar-refractivity contribution in [2.45, 2.75) is 25.2 Å². The van der Waals surface area contributed by atoms with Crippen LogP contribution in [0, 0.1) is 0 Å². The van der Waals surface area contributed by atoms with Gasteiger partial charge in [0.1, 0.15) is 0 Å². The number of allylic oxidation sites excluding steroid dienone is 3. The Labute approximate surface area is 148 Å². The first-order valence-corrected chi connectivity index (χ1v) is 8.18. The number of rotatable bonds is 2. The van der Waals surface area contributed by atoms with E-state index in [1.54, 1.807) is 0 Å². The van der Waals surface area contributed by atoms with Crippen LogP contribution in [0.25, 0.3) is 5.70 Å². The van der Waals surface area contributed by atoms with E-state index < -0.39 is 0 Å². The van der Waals surface area contributed by atoms with Gasteiger partial charge >= 0.3 is 0 Å². The van der Waals surface area contributed by atoms with Gasteiger partial charge < -0.3 is 5.32 Å². The zero-order valence-corrected chi connectivity index (χ0v) is 14.2. The Morgan fingerprint density at radius 2 is 1.54 bits per heavy atom. The zero-order valence-electron chi connectivity index (χ0n) is 13.4. The van der Waals surface area contributed by atoms with E-state index in [-0.39, 0.29) is 24.1 Å². The number of benzene rings is 2. The third-order valence-electron chi connectivity index (χ3n) is 4.63. The molecule has 1 aliphatic carbocycles. The van der Waals surface area contributed by atoms with Crippen molar-refractivity contribution in [1.82, 2.24) is 5.32 Å². The molecule has 1 aliphatic heterocycles. The van der Waals surface area contributed by atoms with Crippen molar-refractivity contribution >= 4 is 23.9 Å². The maximum Gasteiger partial charge on any atom is 0.161 e. The van der Waals surface area contributed by atoms with Gasteiger partial charge in [-0.1, -0.05) is 60.7 Å². The number of ketones is 1. The van der Waals surface area contributed by atoms with E-state index in [0.29, 0.717) is 6.42 Å². The number of carbonyl (C=O) groups is 1. The Bertz CT molecular complexity index is 793. The molecule has 0 amide bonds. The van der Waals surface area contributed by atoms with Crippen LogP contribution < -0.4 is 5.32 Å². The lowest BCUT2D eigenvalue weighted by molar-refractivity contribution is -0.116. The van der Waals surface area contributed by atoms with Crippen molar-refractivity contribution in [1.29, 1.82) is 0 Å². The summed E-state index contributed by atoms with van der Waals surface area (Å²) in [5.41, 5.74) is 5.52. The van der Waals surface area contributed by atoms with Gasteiger partial charge in [0.05, 0.1) is 0 Å². The number of hydrogen-bond donors (Lipinski definition) is 1. The second kappa shape index (κ2) is 7.06. The van der Waals surface area contributed by atoms with Gasteiger partial charge in [-0.15, -0.1) is 12.4 Å². The number of dihydropyridines is 1. The molecule has 4 rings (SSSR count). The Kier molecular flexibility index (Phi) is 4.86. The number of nitrogens with one attached hydrogen (secondary N) is 1. The summed E-state index contributed by atoms with van der Waals surface area (Å²) >= 11 is 0. The first-order chi connectivity index (χ1) is 11.3. The van der Waals surface area contributed by atoms with Gasteiger partial charge in [-0.3, -0.25) is 4.79 Å². The maximum atomic E-state index is 12.5. The van der Waals surface area contributed by atoms with Crippen molar-refractivity contribution in [3.63, 3.8) is 0 Å². The fraction of sp³-hybridized carbons (Fsp3) is 0.190. The molecule has 2 nitrogen and oxygen atoms in total. The number of halogens is 1. The van der Waals surface area contributed by atoms with E-state index in [9.17, 15) is 4.79 Å². The molecule has 2 aromatic rings. The molecule has 3 heteroatoms. The predicted molar refractivity (Wildman–Crippen MR) is 99.9 cm³/mol. The summed E-state index contributed by atoms with van der Waals surface area (Å²) in [6, 6.07) is 20.7. The van der Waals surface area contributed by atoms with Gasteiger partial charge in [0.15, 0.2) is 5.78 Å². The molecule has 0 radical (unpaired) electrons. The highest BCUT2D eigenvalue weighted by molar-refractivity contribution is 6.00. The third-order valence-corrected chi connectivity index (χ3v) is 4.63. The van der Waals surface area contributed by atoms with Crippen LogP contribution in [0.3, 0.4) is 0 Å². The summed E-state index contributed by atoms with van der Waals surface area (Å²) in [7, 11) is 0. The van der Waals surface area contributed by atoms with Crippen LogP contribution in [0.15, 0.2) is 78.0 Å². The average molecular weight is 338 g/mol. The minimum atomic E-state index is 0. The highest BCUT2D eigenvalue weighted by atomic mass is 35.5. The topological polar surface area (TPSA) is 29.1 Å². The van der Waals surface area contributed by atoms with Gasteiger partial charge in [-0.2, -0.15) is 0 Å². The van der Waals surface area contributed by atoms with E-state index >= 15 is 0 Å². The second-order valence-corrected chi connectivity index (χ2v) is 6.13. The summed E-state index contributed by atoms with van der Waals surface area (Å²) in [6.45, 7) is 0. The quantitative estimate of drug-likeness (QED) is 0.849. The molecular formula is C21H20ClNO. The lowest BCUT2D eigenvalue weighted by Crippen LogP contribution is -2.28. The summed E-state index contributed by atoms with van der Waals surface area (Å²) < 4.78 is 0. The molecule has 2 aliphatic rings. The van der Waals surface area contributed by atoms with Crippen LogP contribution in [0.5, 0.6) is 0 Å². The molecule has 0 saturated heterocycles. The van der Waals surface area contributed by atoms with Gasteiger partial charge in [-0.05, 0) is 30.0 Å². The maximum absolute atomic E-state index is 12.5. The van der Waals surface area contributed by atoms with Gasteiger partial charge in [0.2, 0.25) is 0 Å². The third kappa shape index (κ3) is 3.02. The zero-order chi connectivity index (χ0) is 15.6.